The van der Waals surface area contributed by atoms with Gasteiger partial charge < -0.3 is 0 Å². The highest BCUT2D eigenvalue weighted by Crippen LogP contribution is 2.37. The Morgan fingerprint density at radius 1 is 1.31 bits per heavy atom. The Labute approximate surface area is 94.0 Å². The molecule has 0 aromatic heterocycles. The monoisotopic (exact) mass is 272 g/mol. The molecule has 1 aromatic carbocycles. The van der Waals surface area contributed by atoms with Crippen LogP contribution in [0.3, 0.4) is 0 Å². The number of halogens is 1. The summed E-state index contributed by atoms with van der Waals surface area (Å²) in [6, 6.07) is 8.03. The lowest BCUT2D eigenvalue weighted by molar-refractivity contribution is 0.972. The third-order valence-corrected chi connectivity index (χ3v) is 3.38. The molecule has 13 heavy (non-hydrogen) atoms. The predicted molar refractivity (Wildman–Crippen MR) is 61.9 cm³/mol. The molecular formula is C8H5BrN2S2. The number of thiocarbonyl (C=S) groups is 1. The molecule has 1 aromatic rings. The van der Waals surface area contributed by atoms with E-state index in [1.54, 1.807) is 0 Å². The zero-order valence-corrected chi connectivity index (χ0v) is 9.69. The Kier molecular flexibility index (Phi) is 2.76. The van der Waals surface area contributed by atoms with Crippen LogP contribution in [0.15, 0.2) is 39.0 Å². The van der Waals surface area contributed by atoms with Gasteiger partial charge in [-0.3, -0.25) is 0 Å². The molecule has 1 heterocycles. The van der Waals surface area contributed by atoms with Crippen molar-refractivity contribution in [3.63, 3.8) is 0 Å². The van der Waals surface area contributed by atoms with Gasteiger partial charge in [-0.25, -0.2) is 0 Å². The van der Waals surface area contributed by atoms with Crippen molar-refractivity contribution >= 4 is 44.2 Å². The molecule has 1 unspecified atom stereocenters. The van der Waals surface area contributed by atoms with E-state index < -0.39 is 0 Å². The first-order valence-electron chi connectivity index (χ1n) is 3.62. The average Bonchev–Trinajstić information content (AvgIpc) is 2.53. The molecule has 0 bridgehead atoms. The molecule has 0 saturated carbocycles. The number of benzene rings is 1. The van der Waals surface area contributed by atoms with Gasteiger partial charge >= 0.3 is 0 Å². The van der Waals surface area contributed by atoms with Crippen LogP contribution in [0.1, 0.15) is 10.9 Å². The summed E-state index contributed by atoms with van der Waals surface area (Å²) in [7, 11) is 0. The third-order valence-electron chi connectivity index (χ3n) is 1.61. The lowest BCUT2D eigenvalue weighted by atomic mass is 10.2. The summed E-state index contributed by atoms with van der Waals surface area (Å²) in [6.45, 7) is 0. The second-order valence-electron chi connectivity index (χ2n) is 2.50. The van der Waals surface area contributed by atoms with E-state index in [0.717, 1.165) is 10.0 Å². The maximum absolute atomic E-state index is 4.92. The first-order valence-corrected chi connectivity index (χ1v) is 5.71. The van der Waals surface area contributed by atoms with Crippen LogP contribution >= 0.6 is 39.9 Å². The molecule has 0 aliphatic carbocycles. The van der Waals surface area contributed by atoms with Gasteiger partial charge in [0.2, 0.25) is 0 Å². The summed E-state index contributed by atoms with van der Waals surface area (Å²) in [6.07, 6.45) is 0. The highest BCUT2D eigenvalue weighted by Gasteiger charge is 2.18. The van der Waals surface area contributed by atoms with Crippen LogP contribution in [0.4, 0.5) is 0 Å². The SMILES string of the molecule is S=C1N=NC(c2ccc(Br)cc2)S1. The largest absolute Gasteiger partial charge is 0.184 e. The standard InChI is InChI=1S/C8H5BrN2S2/c9-6-3-1-5(2-4-6)7-10-11-8(12)13-7/h1-4,7H. The Balaban J connectivity index is 2.22. The molecule has 1 atom stereocenters. The van der Waals surface area contributed by atoms with E-state index in [0.29, 0.717) is 4.32 Å². The summed E-state index contributed by atoms with van der Waals surface area (Å²) in [5.74, 6) is 0. The quantitative estimate of drug-likeness (QED) is 0.724. The second kappa shape index (κ2) is 3.86. The van der Waals surface area contributed by atoms with Crippen molar-refractivity contribution < 1.29 is 0 Å². The van der Waals surface area contributed by atoms with Crippen LogP contribution in [0, 0.1) is 0 Å². The highest BCUT2D eigenvalue weighted by atomic mass is 79.9. The summed E-state index contributed by atoms with van der Waals surface area (Å²) in [5, 5.41) is 7.93. The zero-order chi connectivity index (χ0) is 9.26. The lowest BCUT2D eigenvalue weighted by Gasteiger charge is -2.03. The Morgan fingerprint density at radius 2 is 2.00 bits per heavy atom. The molecule has 0 radical (unpaired) electrons. The van der Waals surface area contributed by atoms with Crippen molar-refractivity contribution in [1.82, 2.24) is 0 Å². The van der Waals surface area contributed by atoms with Gasteiger partial charge in [0.05, 0.1) is 0 Å². The van der Waals surface area contributed by atoms with E-state index in [-0.39, 0.29) is 5.37 Å². The van der Waals surface area contributed by atoms with E-state index in [1.165, 1.54) is 11.8 Å². The number of nitrogens with zero attached hydrogens (tertiary/aromatic N) is 2. The van der Waals surface area contributed by atoms with Crippen molar-refractivity contribution in [2.45, 2.75) is 5.37 Å². The van der Waals surface area contributed by atoms with Crippen LogP contribution in [0.25, 0.3) is 0 Å². The number of rotatable bonds is 1. The highest BCUT2D eigenvalue weighted by molar-refractivity contribution is 9.10. The number of azo groups is 1. The molecule has 66 valence electrons. The number of thioether (sulfide) groups is 1. The molecule has 0 fully saturated rings. The minimum absolute atomic E-state index is 0.0561. The van der Waals surface area contributed by atoms with E-state index in [4.69, 9.17) is 12.2 Å². The van der Waals surface area contributed by atoms with Crippen LogP contribution in [0.2, 0.25) is 0 Å². The molecule has 0 spiro atoms. The molecule has 2 rings (SSSR count). The average molecular weight is 273 g/mol. The van der Waals surface area contributed by atoms with Gasteiger partial charge in [-0.05, 0) is 29.9 Å². The van der Waals surface area contributed by atoms with E-state index in [1.807, 2.05) is 24.3 Å². The third kappa shape index (κ3) is 2.15. The van der Waals surface area contributed by atoms with Gasteiger partial charge in [0.25, 0.3) is 0 Å². The van der Waals surface area contributed by atoms with Crippen LogP contribution in [0.5, 0.6) is 0 Å². The van der Waals surface area contributed by atoms with Crippen LogP contribution in [-0.2, 0) is 0 Å². The topological polar surface area (TPSA) is 24.7 Å². The minimum Gasteiger partial charge on any atom is -0.167 e. The lowest BCUT2D eigenvalue weighted by Crippen LogP contribution is -1.86. The molecule has 5 heteroatoms. The first-order chi connectivity index (χ1) is 6.25. The number of hydrogen-bond donors (Lipinski definition) is 0. The van der Waals surface area contributed by atoms with Crippen molar-refractivity contribution in [3.8, 4) is 0 Å². The van der Waals surface area contributed by atoms with Gasteiger partial charge in [-0.1, -0.05) is 39.8 Å². The Hall–Kier alpha value is -0.260. The number of hydrogen-bond acceptors (Lipinski definition) is 3. The van der Waals surface area contributed by atoms with Gasteiger partial charge in [-0.2, -0.15) is 5.11 Å². The van der Waals surface area contributed by atoms with Gasteiger partial charge in [0.1, 0.15) is 5.37 Å². The van der Waals surface area contributed by atoms with Crippen molar-refractivity contribution in [1.29, 1.82) is 0 Å². The molecule has 1 aliphatic heterocycles. The van der Waals surface area contributed by atoms with Crippen molar-refractivity contribution in [2.24, 2.45) is 10.2 Å². The summed E-state index contributed by atoms with van der Waals surface area (Å²) >= 11 is 9.80. The zero-order valence-electron chi connectivity index (χ0n) is 6.48. The van der Waals surface area contributed by atoms with Gasteiger partial charge in [0.15, 0.2) is 4.32 Å². The Morgan fingerprint density at radius 3 is 2.54 bits per heavy atom. The van der Waals surface area contributed by atoms with Crippen LogP contribution in [-0.4, -0.2) is 4.32 Å². The summed E-state index contributed by atoms with van der Waals surface area (Å²) in [4.78, 5) is 0. The molecule has 0 saturated heterocycles. The van der Waals surface area contributed by atoms with Crippen molar-refractivity contribution in [3.05, 3.63) is 34.3 Å². The fraction of sp³-hybridized carbons (Fsp3) is 0.125. The summed E-state index contributed by atoms with van der Waals surface area (Å²) < 4.78 is 1.69. The second-order valence-corrected chi connectivity index (χ2v) is 5.13. The van der Waals surface area contributed by atoms with Crippen LogP contribution < -0.4 is 0 Å². The molecule has 1 aliphatic rings. The normalized spacial score (nSPS) is 21.0. The smallest absolute Gasteiger partial charge is 0.167 e. The van der Waals surface area contributed by atoms with Gasteiger partial charge in [0, 0.05) is 4.47 Å². The van der Waals surface area contributed by atoms with Crippen molar-refractivity contribution in [2.75, 3.05) is 0 Å². The first kappa shape index (κ1) is 9.30. The predicted octanol–water partition coefficient (Wildman–Crippen LogP) is 3.93. The molecule has 0 amide bonds. The van der Waals surface area contributed by atoms with E-state index in [9.17, 15) is 0 Å². The fourth-order valence-corrected chi connectivity index (χ4v) is 2.26. The molecule has 2 nitrogen and oxygen atoms in total. The minimum atomic E-state index is 0.0561. The summed E-state index contributed by atoms with van der Waals surface area (Å²) in [5.41, 5.74) is 1.14. The molecule has 0 N–H and O–H groups in total. The molecular weight excluding hydrogens is 268 g/mol. The Bertz CT molecular complexity index is 361. The fourth-order valence-electron chi connectivity index (χ4n) is 1.00. The van der Waals surface area contributed by atoms with E-state index in [2.05, 4.69) is 26.2 Å². The van der Waals surface area contributed by atoms with E-state index >= 15 is 0 Å². The maximum Gasteiger partial charge on any atom is 0.184 e. The maximum atomic E-state index is 4.92. The van der Waals surface area contributed by atoms with Gasteiger partial charge in [-0.15, -0.1) is 5.11 Å².